The molecule has 0 saturated carbocycles. The Hall–Kier alpha value is -2.54. The normalized spacial score (nSPS) is 10.7. The van der Waals surface area contributed by atoms with Crippen molar-refractivity contribution in [2.24, 2.45) is 0 Å². The Morgan fingerprint density at radius 3 is 2.76 bits per heavy atom. The second-order valence-corrected chi connectivity index (χ2v) is 6.35. The minimum atomic E-state index is -0.221. The number of halogens is 1. The average molecular weight is 405 g/mol. The van der Waals surface area contributed by atoms with E-state index in [0.717, 1.165) is 11.3 Å². The molecule has 0 radical (unpaired) electrons. The van der Waals surface area contributed by atoms with E-state index in [2.05, 4.69) is 26.4 Å². The molecule has 0 spiro atoms. The Labute approximate surface area is 153 Å². The van der Waals surface area contributed by atoms with Crippen molar-refractivity contribution in [1.82, 2.24) is 10.5 Å². The molecule has 0 saturated heterocycles. The van der Waals surface area contributed by atoms with Gasteiger partial charge in [0.05, 0.1) is 30.5 Å². The van der Waals surface area contributed by atoms with Crippen LogP contribution in [0.5, 0.6) is 5.75 Å². The van der Waals surface area contributed by atoms with E-state index in [4.69, 9.17) is 13.7 Å². The zero-order valence-corrected chi connectivity index (χ0v) is 15.6. The van der Waals surface area contributed by atoms with Gasteiger partial charge in [0, 0.05) is 4.47 Å². The number of methoxy groups -OCH3 is 1. The van der Waals surface area contributed by atoms with Crippen LogP contribution < -0.4 is 10.1 Å². The lowest BCUT2D eigenvalue weighted by atomic mass is 10.1. The highest BCUT2D eigenvalue weighted by Crippen LogP contribution is 2.28. The molecule has 130 valence electrons. The number of carbonyl (C=O) groups excluding carboxylic acids is 1. The number of benzene rings is 1. The standard InChI is InChI=1S/C18H17BrN2O4/c1-10-17(11(2)25-21-10)16-7-5-13(24-16)9-20-18(22)14-8-12(23-3)4-6-15(14)19/h4-8H,9H2,1-3H3,(H,20,22). The Morgan fingerprint density at radius 1 is 1.28 bits per heavy atom. The first-order chi connectivity index (χ1) is 12.0. The average Bonchev–Trinajstić information content (AvgIpc) is 3.19. The molecular formula is C18H17BrN2O4. The Balaban J connectivity index is 1.71. The smallest absolute Gasteiger partial charge is 0.252 e. The van der Waals surface area contributed by atoms with E-state index in [-0.39, 0.29) is 12.5 Å². The van der Waals surface area contributed by atoms with Gasteiger partial charge in [-0.15, -0.1) is 0 Å². The summed E-state index contributed by atoms with van der Waals surface area (Å²) in [5.74, 6) is 2.40. The molecule has 6 nitrogen and oxygen atoms in total. The number of amides is 1. The first kappa shape index (κ1) is 17.3. The lowest BCUT2D eigenvalue weighted by Crippen LogP contribution is -2.23. The van der Waals surface area contributed by atoms with Gasteiger partial charge in [0.15, 0.2) is 0 Å². The van der Waals surface area contributed by atoms with Gasteiger partial charge in [-0.2, -0.15) is 0 Å². The quantitative estimate of drug-likeness (QED) is 0.687. The summed E-state index contributed by atoms with van der Waals surface area (Å²) in [6, 6.07) is 8.90. The predicted molar refractivity (Wildman–Crippen MR) is 95.5 cm³/mol. The molecule has 0 atom stereocenters. The molecule has 3 aromatic rings. The molecule has 0 aliphatic heterocycles. The fraction of sp³-hybridized carbons (Fsp3) is 0.222. The number of hydrogen-bond acceptors (Lipinski definition) is 5. The maximum absolute atomic E-state index is 12.4. The number of carbonyl (C=O) groups is 1. The van der Waals surface area contributed by atoms with Gasteiger partial charge in [0.25, 0.3) is 5.91 Å². The molecule has 1 amide bonds. The van der Waals surface area contributed by atoms with Gasteiger partial charge in [-0.3, -0.25) is 4.79 Å². The maximum atomic E-state index is 12.4. The molecule has 1 N–H and O–H groups in total. The summed E-state index contributed by atoms with van der Waals surface area (Å²) in [5, 5.41) is 6.76. The van der Waals surface area contributed by atoms with Gasteiger partial charge in [-0.25, -0.2) is 0 Å². The van der Waals surface area contributed by atoms with Crippen LogP contribution in [-0.4, -0.2) is 18.2 Å². The van der Waals surface area contributed by atoms with Crippen LogP contribution in [0.15, 0.2) is 43.7 Å². The Kier molecular flexibility index (Phi) is 4.94. The molecule has 1 aromatic carbocycles. The van der Waals surface area contributed by atoms with E-state index in [0.29, 0.717) is 33.1 Å². The molecule has 0 aliphatic carbocycles. The topological polar surface area (TPSA) is 77.5 Å². The van der Waals surface area contributed by atoms with Crippen LogP contribution in [0.2, 0.25) is 0 Å². The van der Waals surface area contributed by atoms with Crippen LogP contribution in [-0.2, 0) is 6.54 Å². The predicted octanol–water partition coefficient (Wildman–Crippen LogP) is 4.25. The van der Waals surface area contributed by atoms with Gasteiger partial charge in [0.1, 0.15) is 23.0 Å². The summed E-state index contributed by atoms with van der Waals surface area (Å²) in [6.45, 7) is 3.96. The molecule has 0 bridgehead atoms. The SMILES string of the molecule is COc1ccc(Br)c(C(=O)NCc2ccc(-c3c(C)noc3C)o2)c1. The van der Waals surface area contributed by atoms with Crippen LogP contribution in [0.4, 0.5) is 0 Å². The highest BCUT2D eigenvalue weighted by atomic mass is 79.9. The third-order valence-electron chi connectivity index (χ3n) is 3.78. The number of furan rings is 1. The fourth-order valence-electron chi connectivity index (χ4n) is 2.51. The Bertz CT molecular complexity index is 894. The maximum Gasteiger partial charge on any atom is 0.252 e. The van der Waals surface area contributed by atoms with Crippen molar-refractivity contribution in [2.45, 2.75) is 20.4 Å². The van der Waals surface area contributed by atoms with Crippen molar-refractivity contribution >= 4 is 21.8 Å². The van der Waals surface area contributed by atoms with Crippen LogP contribution in [0.25, 0.3) is 11.3 Å². The number of aromatic nitrogens is 1. The Morgan fingerprint density at radius 2 is 2.08 bits per heavy atom. The van der Waals surface area contributed by atoms with Crippen LogP contribution in [0.3, 0.4) is 0 Å². The van der Waals surface area contributed by atoms with Crippen molar-refractivity contribution < 1.29 is 18.5 Å². The zero-order chi connectivity index (χ0) is 18.0. The van der Waals surface area contributed by atoms with E-state index in [1.54, 1.807) is 25.3 Å². The molecule has 7 heteroatoms. The summed E-state index contributed by atoms with van der Waals surface area (Å²) in [6.07, 6.45) is 0. The van der Waals surface area contributed by atoms with Crippen LogP contribution in [0.1, 0.15) is 27.6 Å². The summed E-state index contributed by atoms with van der Waals surface area (Å²) < 4.78 is 16.8. The number of nitrogens with one attached hydrogen (secondary N) is 1. The molecule has 0 aliphatic rings. The number of rotatable bonds is 5. The number of nitrogens with zero attached hydrogens (tertiary/aromatic N) is 1. The highest BCUT2D eigenvalue weighted by molar-refractivity contribution is 9.10. The second-order valence-electron chi connectivity index (χ2n) is 5.49. The number of ether oxygens (including phenoxy) is 1. The lowest BCUT2D eigenvalue weighted by Gasteiger charge is -2.07. The molecule has 2 aromatic heterocycles. The summed E-state index contributed by atoms with van der Waals surface area (Å²) in [7, 11) is 1.56. The third kappa shape index (κ3) is 3.61. The van der Waals surface area contributed by atoms with Gasteiger partial charge >= 0.3 is 0 Å². The fourth-order valence-corrected chi connectivity index (χ4v) is 2.94. The molecule has 0 unspecified atom stereocenters. The molecule has 3 rings (SSSR count). The summed E-state index contributed by atoms with van der Waals surface area (Å²) >= 11 is 3.38. The third-order valence-corrected chi connectivity index (χ3v) is 4.47. The van der Waals surface area contributed by atoms with Crippen LogP contribution >= 0.6 is 15.9 Å². The molecule has 25 heavy (non-hydrogen) atoms. The molecular weight excluding hydrogens is 388 g/mol. The summed E-state index contributed by atoms with van der Waals surface area (Å²) in [5.41, 5.74) is 2.10. The van der Waals surface area contributed by atoms with E-state index >= 15 is 0 Å². The van der Waals surface area contributed by atoms with Crippen molar-refractivity contribution in [2.75, 3.05) is 7.11 Å². The van der Waals surface area contributed by atoms with Crippen molar-refractivity contribution in [3.05, 3.63) is 57.6 Å². The highest BCUT2D eigenvalue weighted by Gasteiger charge is 2.16. The van der Waals surface area contributed by atoms with Gasteiger partial charge < -0.3 is 19.0 Å². The molecule has 2 heterocycles. The second kappa shape index (κ2) is 7.14. The van der Waals surface area contributed by atoms with Crippen molar-refractivity contribution in [3.63, 3.8) is 0 Å². The first-order valence-electron chi connectivity index (χ1n) is 7.63. The van der Waals surface area contributed by atoms with Crippen molar-refractivity contribution in [3.8, 4) is 17.1 Å². The minimum Gasteiger partial charge on any atom is -0.497 e. The van der Waals surface area contributed by atoms with E-state index in [1.165, 1.54) is 0 Å². The summed E-state index contributed by atoms with van der Waals surface area (Å²) in [4.78, 5) is 12.4. The molecule has 0 fully saturated rings. The number of hydrogen-bond donors (Lipinski definition) is 1. The largest absolute Gasteiger partial charge is 0.497 e. The van der Waals surface area contributed by atoms with E-state index in [9.17, 15) is 4.79 Å². The van der Waals surface area contributed by atoms with Crippen molar-refractivity contribution in [1.29, 1.82) is 0 Å². The van der Waals surface area contributed by atoms with Gasteiger partial charge in [-0.1, -0.05) is 5.16 Å². The van der Waals surface area contributed by atoms with Crippen LogP contribution in [0, 0.1) is 13.8 Å². The number of aryl methyl sites for hydroxylation is 2. The van der Waals surface area contributed by atoms with E-state index < -0.39 is 0 Å². The van der Waals surface area contributed by atoms with Gasteiger partial charge in [-0.05, 0) is 60.1 Å². The minimum absolute atomic E-state index is 0.221. The lowest BCUT2D eigenvalue weighted by molar-refractivity contribution is 0.0947. The van der Waals surface area contributed by atoms with Gasteiger partial charge in [0.2, 0.25) is 0 Å². The first-order valence-corrected chi connectivity index (χ1v) is 8.42. The monoisotopic (exact) mass is 404 g/mol. The zero-order valence-electron chi connectivity index (χ0n) is 14.1. The van der Waals surface area contributed by atoms with E-state index in [1.807, 2.05) is 26.0 Å².